The highest BCUT2D eigenvalue weighted by atomic mass is 32.2. The van der Waals surface area contributed by atoms with E-state index in [2.05, 4.69) is 35.9 Å². The minimum absolute atomic E-state index is 1.06. The first-order valence-electron chi connectivity index (χ1n) is 6.32. The van der Waals surface area contributed by atoms with Crippen LogP contribution in [0, 0.1) is 0 Å². The molecule has 1 aromatic rings. The lowest BCUT2D eigenvalue weighted by molar-refractivity contribution is 0.877. The molecule has 0 aliphatic heterocycles. The third-order valence-electron chi connectivity index (χ3n) is 1.54. The van der Waals surface area contributed by atoms with Crippen LogP contribution in [0.1, 0.15) is 46.6 Å². The van der Waals surface area contributed by atoms with Gasteiger partial charge in [0.2, 0.25) is 0 Å². The van der Waals surface area contributed by atoms with Crippen molar-refractivity contribution < 1.29 is 0 Å². The molecule has 0 spiro atoms. The van der Waals surface area contributed by atoms with Crippen LogP contribution in [0.3, 0.4) is 0 Å². The second-order valence-corrected chi connectivity index (χ2v) is 3.53. The van der Waals surface area contributed by atoms with E-state index in [4.69, 9.17) is 0 Å². The Morgan fingerprint density at radius 2 is 1.56 bits per heavy atom. The normalized spacial score (nSPS) is 8.31. The highest BCUT2D eigenvalue weighted by molar-refractivity contribution is 7.96. The first-order chi connectivity index (χ1) is 7.93. The zero-order valence-electron chi connectivity index (χ0n) is 11.4. The standard InChI is InChI=1S/C10H15NS.2C2H6/c1-2-8-11-12-9-10-6-4-3-5-7-10;2*1-2/h3-7,11H,2,8-9H2,1H3;2*1-2H3. The molecule has 0 atom stereocenters. The van der Waals surface area contributed by atoms with Gasteiger partial charge in [-0.25, -0.2) is 0 Å². The van der Waals surface area contributed by atoms with Crippen LogP contribution in [0.2, 0.25) is 0 Å². The molecule has 16 heavy (non-hydrogen) atoms. The maximum Gasteiger partial charge on any atom is 0.0330 e. The van der Waals surface area contributed by atoms with Gasteiger partial charge < -0.3 is 0 Å². The molecule has 0 bridgehead atoms. The largest absolute Gasteiger partial charge is 0.264 e. The van der Waals surface area contributed by atoms with Crippen LogP contribution in [0.4, 0.5) is 0 Å². The summed E-state index contributed by atoms with van der Waals surface area (Å²) in [5.74, 6) is 1.06. The van der Waals surface area contributed by atoms with Gasteiger partial charge in [-0.1, -0.05) is 76.9 Å². The molecule has 0 saturated heterocycles. The fourth-order valence-corrected chi connectivity index (χ4v) is 1.69. The number of rotatable bonds is 5. The lowest BCUT2D eigenvalue weighted by atomic mass is 10.2. The molecule has 0 radical (unpaired) electrons. The summed E-state index contributed by atoms with van der Waals surface area (Å²) in [5, 5.41) is 0. The summed E-state index contributed by atoms with van der Waals surface area (Å²) in [6.45, 7) is 11.3. The van der Waals surface area contributed by atoms with Crippen LogP contribution in [0.5, 0.6) is 0 Å². The van der Waals surface area contributed by atoms with Crippen molar-refractivity contribution in [3.63, 3.8) is 0 Å². The maximum absolute atomic E-state index is 3.30. The summed E-state index contributed by atoms with van der Waals surface area (Å²) in [6, 6.07) is 10.5. The van der Waals surface area contributed by atoms with E-state index in [1.54, 1.807) is 11.9 Å². The van der Waals surface area contributed by atoms with Gasteiger partial charge in [0, 0.05) is 12.3 Å². The molecule has 0 unspecified atom stereocenters. The Morgan fingerprint density at radius 3 is 2.06 bits per heavy atom. The van der Waals surface area contributed by atoms with Gasteiger partial charge in [-0.2, -0.15) is 0 Å². The Morgan fingerprint density at radius 1 is 1.00 bits per heavy atom. The number of benzene rings is 1. The Kier molecular flexibility index (Phi) is 19.0. The Bertz CT molecular complexity index is 199. The molecule has 0 fully saturated rings. The van der Waals surface area contributed by atoms with Gasteiger partial charge in [-0.05, 0) is 12.0 Å². The SMILES string of the molecule is CC.CC.CCCNSCc1ccccc1. The Hall–Kier alpha value is -0.470. The van der Waals surface area contributed by atoms with Crippen molar-refractivity contribution in [1.29, 1.82) is 0 Å². The molecule has 0 amide bonds. The molecular weight excluding hydrogens is 214 g/mol. The van der Waals surface area contributed by atoms with Crippen LogP contribution in [-0.4, -0.2) is 6.54 Å². The van der Waals surface area contributed by atoms with Crippen LogP contribution < -0.4 is 4.72 Å². The van der Waals surface area contributed by atoms with Crippen molar-refractivity contribution in [3.8, 4) is 0 Å². The van der Waals surface area contributed by atoms with Gasteiger partial charge in [0.1, 0.15) is 0 Å². The maximum atomic E-state index is 3.30. The topological polar surface area (TPSA) is 12.0 Å². The van der Waals surface area contributed by atoms with E-state index in [0.717, 1.165) is 12.3 Å². The fourth-order valence-electron chi connectivity index (χ4n) is 0.883. The predicted octanol–water partition coefficient (Wildman–Crippen LogP) is 4.89. The first-order valence-corrected chi connectivity index (χ1v) is 7.30. The minimum atomic E-state index is 1.06. The van der Waals surface area contributed by atoms with Gasteiger partial charge in [0.25, 0.3) is 0 Å². The van der Waals surface area contributed by atoms with Crippen molar-refractivity contribution in [2.24, 2.45) is 0 Å². The monoisotopic (exact) mass is 241 g/mol. The quantitative estimate of drug-likeness (QED) is 0.582. The molecule has 1 aromatic carbocycles. The second kappa shape index (κ2) is 16.9. The van der Waals surface area contributed by atoms with Crippen molar-refractivity contribution in [1.82, 2.24) is 4.72 Å². The average molecular weight is 241 g/mol. The van der Waals surface area contributed by atoms with Crippen LogP contribution >= 0.6 is 11.9 Å². The summed E-state index contributed by atoms with van der Waals surface area (Å²) >= 11 is 1.78. The van der Waals surface area contributed by atoms with E-state index < -0.39 is 0 Å². The summed E-state index contributed by atoms with van der Waals surface area (Å²) in [4.78, 5) is 0. The molecule has 1 nitrogen and oxygen atoms in total. The van der Waals surface area contributed by atoms with Crippen molar-refractivity contribution in [3.05, 3.63) is 35.9 Å². The minimum Gasteiger partial charge on any atom is -0.264 e. The van der Waals surface area contributed by atoms with Gasteiger partial charge in [0.15, 0.2) is 0 Å². The van der Waals surface area contributed by atoms with Crippen LogP contribution in [0.25, 0.3) is 0 Å². The number of hydrogen-bond donors (Lipinski definition) is 1. The second-order valence-electron chi connectivity index (χ2n) is 2.67. The summed E-state index contributed by atoms with van der Waals surface area (Å²) < 4.78 is 3.30. The van der Waals surface area contributed by atoms with E-state index in [1.807, 2.05) is 33.8 Å². The number of nitrogens with one attached hydrogen (secondary N) is 1. The van der Waals surface area contributed by atoms with Gasteiger partial charge in [0.05, 0.1) is 0 Å². The van der Waals surface area contributed by atoms with Crippen molar-refractivity contribution in [2.45, 2.75) is 46.8 Å². The van der Waals surface area contributed by atoms with Crippen LogP contribution in [-0.2, 0) is 5.75 Å². The van der Waals surface area contributed by atoms with Crippen LogP contribution in [0.15, 0.2) is 30.3 Å². The molecule has 0 heterocycles. The van der Waals surface area contributed by atoms with Gasteiger partial charge in [-0.3, -0.25) is 4.72 Å². The van der Waals surface area contributed by atoms with E-state index in [-0.39, 0.29) is 0 Å². The molecule has 0 saturated carbocycles. The number of hydrogen-bond acceptors (Lipinski definition) is 2. The first kappa shape index (κ1) is 17.9. The molecular formula is C14H27NS. The molecule has 0 aliphatic rings. The molecule has 94 valence electrons. The van der Waals surface area contributed by atoms with E-state index >= 15 is 0 Å². The highest BCUT2D eigenvalue weighted by Gasteiger charge is 1.89. The smallest absolute Gasteiger partial charge is 0.0330 e. The highest BCUT2D eigenvalue weighted by Crippen LogP contribution is 2.07. The fraction of sp³-hybridized carbons (Fsp3) is 0.571. The van der Waals surface area contributed by atoms with Crippen molar-refractivity contribution in [2.75, 3.05) is 6.54 Å². The molecule has 2 heteroatoms. The van der Waals surface area contributed by atoms with E-state index in [1.165, 1.54) is 12.0 Å². The average Bonchev–Trinajstić information content (AvgIpc) is 2.41. The lowest BCUT2D eigenvalue weighted by Crippen LogP contribution is -2.03. The van der Waals surface area contributed by atoms with E-state index in [9.17, 15) is 0 Å². The summed E-state index contributed by atoms with van der Waals surface area (Å²) in [6.07, 6.45) is 1.20. The van der Waals surface area contributed by atoms with E-state index in [0.29, 0.717) is 0 Å². The summed E-state index contributed by atoms with van der Waals surface area (Å²) in [5.41, 5.74) is 1.38. The Balaban J connectivity index is 0. The Labute approximate surface area is 106 Å². The molecule has 0 aliphatic carbocycles. The predicted molar refractivity (Wildman–Crippen MR) is 78.7 cm³/mol. The zero-order chi connectivity index (χ0) is 12.6. The molecule has 0 aromatic heterocycles. The molecule has 1 rings (SSSR count). The van der Waals surface area contributed by atoms with Gasteiger partial charge >= 0.3 is 0 Å². The van der Waals surface area contributed by atoms with Gasteiger partial charge in [-0.15, -0.1) is 0 Å². The summed E-state index contributed by atoms with van der Waals surface area (Å²) in [7, 11) is 0. The third kappa shape index (κ3) is 11.6. The zero-order valence-corrected chi connectivity index (χ0v) is 12.2. The van der Waals surface area contributed by atoms with Crippen molar-refractivity contribution >= 4 is 11.9 Å². The molecule has 1 N–H and O–H groups in total. The third-order valence-corrected chi connectivity index (χ3v) is 2.42. The lowest BCUT2D eigenvalue weighted by Gasteiger charge is -2.01.